The van der Waals surface area contributed by atoms with Gasteiger partial charge in [0, 0.05) is 12.6 Å². The van der Waals surface area contributed by atoms with Crippen molar-refractivity contribution in [2.75, 3.05) is 7.11 Å². The van der Waals surface area contributed by atoms with Crippen molar-refractivity contribution in [3.8, 4) is 0 Å². The van der Waals surface area contributed by atoms with Gasteiger partial charge in [-0.1, -0.05) is 19.1 Å². The molecule has 0 aliphatic heterocycles. The Bertz CT molecular complexity index is 780. The largest absolute Gasteiger partial charge is 0.465 e. The molecule has 7 heteroatoms. The second-order valence-corrected chi connectivity index (χ2v) is 5.04. The molecule has 24 heavy (non-hydrogen) atoms. The Hall–Kier alpha value is -2.96. The van der Waals surface area contributed by atoms with E-state index in [4.69, 9.17) is 4.74 Å². The topological polar surface area (TPSA) is 87.5 Å². The van der Waals surface area contributed by atoms with Gasteiger partial charge in [-0.05, 0) is 30.2 Å². The smallest absolute Gasteiger partial charge is 0.359 e. The minimum absolute atomic E-state index is 0.0366. The number of aryl methyl sites for hydroxylation is 1. The molecule has 0 fully saturated rings. The van der Waals surface area contributed by atoms with Crippen LogP contribution in [0.1, 0.15) is 39.8 Å². The minimum atomic E-state index is -0.614. The summed E-state index contributed by atoms with van der Waals surface area (Å²) >= 11 is 0. The number of hydrogen-bond acceptors (Lipinski definition) is 6. The molecule has 0 saturated heterocycles. The number of carbonyl (C=O) groups excluding carboxylic acids is 2. The van der Waals surface area contributed by atoms with E-state index in [1.165, 1.54) is 23.9 Å². The molecule has 126 valence electrons. The van der Waals surface area contributed by atoms with Crippen LogP contribution in [0, 0.1) is 0 Å². The van der Waals surface area contributed by atoms with E-state index in [1.54, 1.807) is 24.3 Å². The van der Waals surface area contributed by atoms with Crippen LogP contribution in [-0.4, -0.2) is 28.8 Å². The maximum atomic E-state index is 12.0. The first-order chi connectivity index (χ1) is 11.5. The Kier molecular flexibility index (Phi) is 5.83. The lowest BCUT2D eigenvalue weighted by Crippen LogP contribution is -2.24. The zero-order chi connectivity index (χ0) is 17.5. The van der Waals surface area contributed by atoms with E-state index in [-0.39, 0.29) is 17.9 Å². The van der Waals surface area contributed by atoms with Crippen molar-refractivity contribution >= 4 is 11.9 Å². The summed E-state index contributed by atoms with van der Waals surface area (Å²) in [6.07, 6.45) is 0.734. The number of aromatic nitrogens is 2. The maximum Gasteiger partial charge on any atom is 0.359 e. The van der Waals surface area contributed by atoms with Gasteiger partial charge >= 0.3 is 11.9 Å². The first kappa shape index (κ1) is 17.4. The standard InChI is InChI=1S/C17H18N2O5/c1-3-10-19-15(20)9-8-14(18-19)17(22)24-11-12-4-6-13(7-5-12)16(21)23-2/h4-9H,3,10-11H2,1-2H3. The fourth-order valence-corrected chi connectivity index (χ4v) is 2.01. The lowest BCUT2D eigenvalue weighted by Gasteiger charge is -2.07. The Morgan fingerprint density at radius 1 is 1.08 bits per heavy atom. The average Bonchev–Trinajstić information content (AvgIpc) is 2.61. The molecule has 0 atom stereocenters. The second-order valence-electron chi connectivity index (χ2n) is 5.04. The Labute approximate surface area is 138 Å². The minimum Gasteiger partial charge on any atom is -0.465 e. The molecule has 0 saturated carbocycles. The first-order valence-corrected chi connectivity index (χ1v) is 7.47. The zero-order valence-electron chi connectivity index (χ0n) is 13.5. The second kappa shape index (κ2) is 8.05. The Balaban J connectivity index is 2.01. The highest BCUT2D eigenvalue weighted by Crippen LogP contribution is 2.08. The fraction of sp³-hybridized carbons (Fsp3) is 0.294. The van der Waals surface area contributed by atoms with Crippen LogP contribution in [-0.2, 0) is 22.6 Å². The molecule has 2 aromatic rings. The summed E-state index contributed by atoms with van der Waals surface area (Å²) in [5.74, 6) is -1.04. The predicted molar refractivity (Wildman–Crippen MR) is 85.7 cm³/mol. The molecule has 1 aromatic heterocycles. The normalized spacial score (nSPS) is 10.2. The van der Waals surface area contributed by atoms with Crippen molar-refractivity contribution in [3.63, 3.8) is 0 Å². The molecule has 2 rings (SSSR count). The molecule has 0 N–H and O–H groups in total. The number of benzene rings is 1. The van der Waals surface area contributed by atoms with E-state index in [0.29, 0.717) is 12.1 Å². The number of nitrogens with zero attached hydrogens (tertiary/aromatic N) is 2. The highest BCUT2D eigenvalue weighted by molar-refractivity contribution is 5.89. The molecule has 1 heterocycles. The zero-order valence-corrected chi connectivity index (χ0v) is 13.5. The van der Waals surface area contributed by atoms with Gasteiger partial charge < -0.3 is 9.47 Å². The summed E-state index contributed by atoms with van der Waals surface area (Å²) in [7, 11) is 1.31. The van der Waals surface area contributed by atoms with E-state index in [0.717, 1.165) is 12.0 Å². The molecule has 0 aliphatic rings. The van der Waals surface area contributed by atoms with Gasteiger partial charge in [-0.15, -0.1) is 0 Å². The summed E-state index contributed by atoms with van der Waals surface area (Å²) in [6.45, 7) is 2.39. The maximum absolute atomic E-state index is 12.0. The third-order valence-electron chi connectivity index (χ3n) is 3.26. The van der Waals surface area contributed by atoms with E-state index < -0.39 is 11.9 Å². The molecule has 1 aromatic carbocycles. The summed E-state index contributed by atoms with van der Waals surface area (Å²) < 4.78 is 11.0. The number of esters is 2. The molecule has 0 aliphatic carbocycles. The summed E-state index contributed by atoms with van der Waals surface area (Å²) in [5.41, 5.74) is 0.958. The van der Waals surface area contributed by atoms with Crippen LogP contribution in [0.3, 0.4) is 0 Å². The van der Waals surface area contributed by atoms with Crippen LogP contribution in [0.2, 0.25) is 0 Å². The van der Waals surface area contributed by atoms with Crippen molar-refractivity contribution in [3.05, 3.63) is 63.6 Å². The van der Waals surface area contributed by atoms with E-state index >= 15 is 0 Å². The quantitative estimate of drug-likeness (QED) is 0.751. The van der Waals surface area contributed by atoms with Crippen molar-refractivity contribution in [1.82, 2.24) is 9.78 Å². The summed E-state index contributed by atoms with van der Waals surface area (Å²) in [4.78, 5) is 35.0. The Morgan fingerprint density at radius 2 is 1.79 bits per heavy atom. The van der Waals surface area contributed by atoms with Crippen LogP contribution in [0.25, 0.3) is 0 Å². The van der Waals surface area contributed by atoms with Crippen LogP contribution < -0.4 is 5.56 Å². The number of carbonyl (C=O) groups is 2. The van der Waals surface area contributed by atoms with Crippen molar-refractivity contribution < 1.29 is 19.1 Å². The van der Waals surface area contributed by atoms with Gasteiger partial charge in [0.05, 0.1) is 12.7 Å². The van der Waals surface area contributed by atoms with Crippen LogP contribution in [0.4, 0.5) is 0 Å². The van der Waals surface area contributed by atoms with Gasteiger partial charge in [-0.3, -0.25) is 4.79 Å². The Morgan fingerprint density at radius 3 is 2.42 bits per heavy atom. The van der Waals surface area contributed by atoms with Gasteiger partial charge in [0.1, 0.15) is 6.61 Å². The molecule has 0 radical (unpaired) electrons. The number of methoxy groups -OCH3 is 1. The van der Waals surface area contributed by atoms with Crippen LogP contribution in [0.15, 0.2) is 41.2 Å². The highest BCUT2D eigenvalue weighted by atomic mass is 16.5. The average molecular weight is 330 g/mol. The van der Waals surface area contributed by atoms with Gasteiger partial charge in [0.15, 0.2) is 5.69 Å². The fourth-order valence-electron chi connectivity index (χ4n) is 2.01. The molecule has 0 spiro atoms. The number of ether oxygens (including phenoxy) is 2. The summed E-state index contributed by atoms with van der Waals surface area (Å²) in [5, 5.41) is 3.99. The van der Waals surface area contributed by atoms with Gasteiger partial charge in [-0.25, -0.2) is 14.3 Å². The monoisotopic (exact) mass is 330 g/mol. The number of rotatable bonds is 6. The number of hydrogen-bond donors (Lipinski definition) is 0. The SMILES string of the molecule is CCCn1nc(C(=O)OCc2ccc(C(=O)OC)cc2)ccc1=O. The molecular weight excluding hydrogens is 312 g/mol. The van der Waals surface area contributed by atoms with Crippen molar-refractivity contribution in [2.24, 2.45) is 0 Å². The van der Waals surface area contributed by atoms with E-state index in [1.807, 2.05) is 6.92 Å². The third-order valence-corrected chi connectivity index (χ3v) is 3.26. The predicted octanol–water partition coefficient (Wildman–Crippen LogP) is 1.80. The highest BCUT2D eigenvalue weighted by Gasteiger charge is 2.12. The summed E-state index contributed by atoms with van der Waals surface area (Å²) in [6, 6.07) is 9.17. The molecule has 0 bridgehead atoms. The lowest BCUT2D eigenvalue weighted by molar-refractivity contribution is 0.0461. The van der Waals surface area contributed by atoms with Crippen molar-refractivity contribution in [1.29, 1.82) is 0 Å². The third kappa shape index (κ3) is 4.28. The van der Waals surface area contributed by atoms with E-state index in [9.17, 15) is 14.4 Å². The molecule has 0 unspecified atom stereocenters. The van der Waals surface area contributed by atoms with Crippen LogP contribution >= 0.6 is 0 Å². The molecule has 0 amide bonds. The van der Waals surface area contributed by atoms with Crippen LogP contribution in [0.5, 0.6) is 0 Å². The van der Waals surface area contributed by atoms with Gasteiger partial charge in [-0.2, -0.15) is 5.10 Å². The van der Waals surface area contributed by atoms with Crippen molar-refractivity contribution in [2.45, 2.75) is 26.5 Å². The van der Waals surface area contributed by atoms with Gasteiger partial charge in [0.25, 0.3) is 5.56 Å². The van der Waals surface area contributed by atoms with Gasteiger partial charge in [0.2, 0.25) is 0 Å². The van der Waals surface area contributed by atoms with E-state index in [2.05, 4.69) is 9.84 Å². The molecular formula is C17H18N2O5. The molecule has 7 nitrogen and oxygen atoms in total. The first-order valence-electron chi connectivity index (χ1n) is 7.47. The lowest BCUT2D eigenvalue weighted by atomic mass is 10.1.